The van der Waals surface area contributed by atoms with Gasteiger partial charge in [-0.15, -0.1) is 11.3 Å². The van der Waals surface area contributed by atoms with Gasteiger partial charge in [0.15, 0.2) is 0 Å². The van der Waals surface area contributed by atoms with Crippen LogP contribution >= 0.6 is 22.9 Å². The van der Waals surface area contributed by atoms with E-state index in [2.05, 4.69) is 4.98 Å². The third kappa shape index (κ3) is 3.55. The third-order valence-electron chi connectivity index (χ3n) is 7.19. The number of benzene rings is 1. The second-order valence-electron chi connectivity index (χ2n) is 9.04. The van der Waals surface area contributed by atoms with Crippen molar-refractivity contribution in [2.45, 2.75) is 68.9 Å². The second-order valence-corrected chi connectivity index (χ2v) is 10.4. The van der Waals surface area contributed by atoms with Crippen molar-refractivity contribution in [2.24, 2.45) is 0 Å². The summed E-state index contributed by atoms with van der Waals surface area (Å²) in [7, 11) is 0. The van der Waals surface area contributed by atoms with E-state index in [0.717, 1.165) is 43.5 Å². The van der Waals surface area contributed by atoms with E-state index >= 15 is 0 Å². The Labute approximate surface area is 196 Å². The highest BCUT2D eigenvalue weighted by molar-refractivity contribution is 7.09. The van der Waals surface area contributed by atoms with Crippen LogP contribution in [0.15, 0.2) is 35.8 Å². The van der Waals surface area contributed by atoms with Gasteiger partial charge in [-0.2, -0.15) is 0 Å². The summed E-state index contributed by atoms with van der Waals surface area (Å²) in [6.07, 6.45) is 7.16. The Balaban J connectivity index is 1.50. The lowest BCUT2D eigenvalue weighted by Crippen LogP contribution is -2.46. The van der Waals surface area contributed by atoms with Crippen LogP contribution in [0.4, 0.5) is 0 Å². The van der Waals surface area contributed by atoms with Crippen LogP contribution in [0.2, 0.25) is 5.02 Å². The summed E-state index contributed by atoms with van der Waals surface area (Å²) >= 11 is 8.10. The van der Waals surface area contributed by atoms with Crippen LogP contribution in [0.25, 0.3) is 0 Å². The maximum atomic E-state index is 13.9. The number of hydrogen-bond donors (Lipinski definition) is 0. The molecule has 3 fully saturated rings. The van der Waals surface area contributed by atoms with Gasteiger partial charge in [-0.1, -0.05) is 42.6 Å². The number of likely N-dealkylation sites (tertiary alicyclic amines) is 2. The van der Waals surface area contributed by atoms with Gasteiger partial charge >= 0.3 is 0 Å². The zero-order valence-electron chi connectivity index (χ0n) is 17.8. The van der Waals surface area contributed by atoms with Gasteiger partial charge in [0.05, 0.1) is 11.5 Å². The molecule has 0 bridgehead atoms. The summed E-state index contributed by atoms with van der Waals surface area (Å²) in [4.78, 5) is 48.4. The van der Waals surface area contributed by atoms with Crippen molar-refractivity contribution in [3.05, 3.63) is 51.4 Å². The van der Waals surface area contributed by atoms with Gasteiger partial charge in [0.25, 0.3) is 0 Å². The van der Waals surface area contributed by atoms with E-state index in [0.29, 0.717) is 17.1 Å². The zero-order valence-corrected chi connectivity index (χ0v) is 19.4. The number of amides is 3. The van der Waals surface area contributed by atoms with Gasteiger partial charge in [0.1, 0.15) is 5.01 Å². The maximum absolute atomic E-state index is 13.9. The van der Waals surface area contributed by atoms with Crippen molar-refractivity contribution in [2.75, 3.05) is 6.54 Å². The topological polar surface area (TPSA) is 70.6 Å². The molecule has 2 aliphatic heterocycles. The van der Waals surface area contributed by atoms with E-state index in [-0.39, 0.29) is 42.6 Å². The molecule has 0 unspecified atom stereocenters. The van der Waals surface area contributed by atoms with Crippen LogP contribution in [0.5, 0.6) is 0 Å². The molecule has 1 aromatic carbocycles. The van der Waals surface area contributed by atoms with Crippen LogP contribution in [0.1, 0.15) is 68.0 Å². The predicted molar refractivity (Wildman–Crippen MR) is 122 cm³/mol. The second kappa shape index (κ2) is 8.60. The van der Waals surface area contributed by atoms with Crippen molar-refractivity contribution in [1.82, 2.24) is 14.8 Å². The quantitative estimate of drug-likeness (QED) is 0.602. The number of aromatic nitrogens is 1. The van der Waals surface area contributed by atoms with E-state index in [4.69, 9.17) is 11.6 Å². The molecule has 1 saturated carbocycles. The summed E-state index contributed by atoms with van der Waals surface area (Å²) in [5.41, 5.74) is -0.663. The van der Waals surface area contributed by atoms with Gasteiger partial charge < -0.3 is 4.90 Å². The third-order valence-corrected chi connectivity index (χ3v) is 8.40. The van der Waals surface area contributed by atoms with Gasteiger partial charge in [0.2, 0.25) is 17.7 Å². The number of thiazole rings is 1. The van der Waals surface area contributed by atoms with E-state index in [1.165, 1.54) is 4.90 Å². The Morgan fingerprint density at radius 2 is 1.94 bits per heavy atom. The van der Waals surface area contributed by atoms with Crippen LogP contribution < -0.4 is 0 Å². The lowest BCUT2D eigenvalue weighted by molar-refractivity contribution is -0.145. The zero-order chi connectivity index (χ0) is 22.3. The molecule has 6 nitrogen and oxygen atoms in total. The highest BCUT2D eigenvalue weighted by Crippen LogP contribution is 2.46. The van der Waals surface area contributed by atoms with Crippen LogP contribution in [-0.2, 0) is 19.8 Å². The summed E-state index contributed by atoms with van der Waals surface area (Å²) in [5.74, 6) is -0.564. The number of rotatable bonds is 5. The van der Waals surface area contributed by atoms with Crippen LogP contribution in [-0.4, -0.2) is 45.1 Å². The first-order valence-corrected chi connectivity index (χ1v) is 12.6. The highest BCUT2D eigenvalue weighted by Gasteiger charge is 2.57. The van der Waals surface area contributed by atoms with Crippen molar-refractivity contribution in [3.63, 3.8) is 0 Å². The summed E-state index contributed by atoms with van der Waals surface area (Å²) in [6.45, 7) is 0.635. The fraction of sp³-hybridized carbons (Fsp3) is 0.500. The van der Waals surface area contributed by atoms with Crippen molar-refractivity contribution in [3.8, 4) is 0 Å². The van der Waals surface area contributed by atoms with Crippen molar-refractivity contribution >= 4 is 40.7 Å². The maximum Gasteiger partial charge on any atom is 0.241 e. The molecule has 168 valence electrons. The first-order valence-electron chi connectivity index (χ1n) is 11.3. The van der Waals surface area contributed by atoms with Crippen molar-refractivity contribution < 1.29 is 14.4 Å². The lowest BCUT2D eigenvalue weighted by Gasteiger charge is -2.32. The molecule has 8 heteroatoms. The first kappa shape index (κ1) is 21.6. The van der Waals surface area contributed by atoms with E-state index in [1.807, 2.05) is 16.3 Å². The normalized spacial score (nSPS) is 26.5. The Morgan fingerprint density at radius 3 is 2.66 bits per heavy atom. The molecule has 1 aromatic heterocycles. The largest absolute Gasteiger partial charge is 0.333 e. The standard InChI is InChI=1S/C24H26ClN3O3S/c25-18-9-4-3-8-17(18)24(15-21(30)28(23(24)31)16-6-1-2-7-16)14-20(29)27-12-5-10-19(27)22-26-11-13-32-22/h3-4,8-9,11,13,16,19H,1-2,5-7,10,12,14-15H2/t19-,24+/m0/s1. The molecule has 0 N–H and O–H groups in total. The summed E-state index contributed by atoms with van der Waals surface area (Å²) in [5, 5.41) is 3.26. The molecule has 3 heterocycles. The molecule has 5 rings (SSSR count). The number of carbonyl (C=O) groups excluding carboxylic acids is 3. The minimum Gasteiger partial charge on any atom is -0.333 e. The summed E-state index contributed by atoms with van der Waals surface area (Å²) in [6, 6.07) is 7.01. The fourth-order valence-electron chi connectivity index (χ4n) is 5.67. The smallest absolute Gasteiger partial charge is 0.241 e. The number of halogens is 1. The average Bonchev–Trinajstić information content (AvgIpc) is 3.57. The van der Waals surface area contributed by atoms with Gasteiger partial charge in [0, 0.05) is 42.0 Å². The van der Waals surface area contributed by atoms with E-state index in [9.17, 15) is 14.4 Å². The number of nitrogens with zero attached hydrogens (tertiary/aromatic N) is 3. The molecular formula is C24H26ClN3O3S. The SMILES string of the molecule is O=C1C[C@](CC(=O)N2CCC[C@H]2c2nccs2)(c2ccccc2Cl)C(=O)N1C1CCCC1. The van der Waals surface area contributed by atoms with E-state index < -0.39 is 5.41 Å². The number of hydrogen-bond acceptors (Lipinski definition) is 5. The minimum atomic E-state index is -1.24. The lowest BCUT2D eigenvalue weighted by atomic mass is 9.75. The predicted octanol–water partition coefficient (Wildman–Crippen LogP) is 4.49. The monoisotopic (exact) mass is 471 g/mol. The number of carbonyl (C=O) groups is 3. The van der Waals surface area contributed by atoms with E-state index in [1.54, 1.807) is 35.7 Å². The first-order chi connectivity index (χ1) is 15.5. The number of imide groups is 1. The molecule has 2 aromatic rings. The Bertz CT molecular complexity index is 1040. The van der Waals surface area contributed by atoms with Gasteiger partial charge in [-0.25, -0.2) is 4.98 Å². The summed E-state index contributed by atoms with van der Waals surface area (Å²) < 4.78 is 0. The average molecular weight is 472 g/mol. The Kier molecular flexibility index (Phi) is 5.80. The minimum absolute atomic E-state index is 0.00638. The molecule has 0 radical (unpaired) electrons. The fourth-order valence-corrected chi connectivity index (χ4v) is 6.77. The highest BCUT2D eigenvalue weighted by atomic mass is 35.5. The molecular weight excluding hydrogens is 446 g/mol. The van der Waals surface area contributed by atoms with Crippen LogP contribution in [0, 0.1) is 0 Å². The van der Waals surface area contributed by atoms with Crippen molar-refractivity contribution in [1.29, 1.82) is 0 Å². The Hall–Kier alpha value is -2.25. The molecule has 2 saturated heterocycles. The molecule has 3 amide bonds. The Morgan fingerprint density at radius 1 is 1.16 bits per heavy atom. The molecule has 3 aliphatic rings. The van der Waals surface area contributed by atoms with Gasteiger partial charge in [-0.3, -0.25) is 19.3 Å². The molecule has 2 atom stereocenters. The van der Waals surface area contributed by atoms with Gasteiger partial charge in [-0.05, 0) is 37.3 Å². The molecule has 0 spiro atoms. The molecule has 1 aliphatic carbocycles. The van der Waals surface area contributed by atoms with Crippen LogP contribution in [0.3, 0.4) is 0 Å². The molecule has 32 heavy (non-hydrogen) atoms.